The zero-order valence-corrected chi connectivity index (χ0v) is 15.2. The summed E-state index contributed by atoms with van der Waals surface area (Å²) < 4.78 is 11.0. The van der Waals surface area contributed by atoms with E-state index < -0.39 is 11.9 Å². The number of hydrogen-bond acceptors (Lipinski definition) is 6. The molecular formula is C19H26N4O3. The van der Waals surface area contributed by atoms with Crippen LogP contribution in [0.4, 0.5) is 0 Å². The van der Waals surface area contributed by atoms with Crippen LogP contribution in [0.1, 0.15) is 62.0 Å². The topological polar surface area (TPSA) is 103 Å². The molecule has 1 fully saturated rings. The molecule has 1 aliphatic rings. The summed E-state index contributed by atoms with van der Waals surface area (Å²) in [6.45, 7) is 5.39. The number of rotatable bonds is 7. The molecule has 26 heavy (non-hydrogen) atoms. The average molecular weight is 358 g/mol. The summed E-state index contributed by atoms with van der Waals surface area (Å²) in [7, 11) is 0. The average Bonchev–Trinajstić information content (AvgIpc) is 3.14. The van der Waals surface area contributed by atoms with Crippen LogP contribution in [0, 0.1) is 5.92 Å². The highest BCUT2D eigenvalue weighted by Crippen LogP contribution is 2.32. The molecule has 2 heterocycles. The Labute approximate surface area is 153 Å². The Morgan fingerprint density at radius 2 is 1.92 bits per heavy atom. The van der Waals surface area contributed by atoms with Crippen LogP contribution < -0.4 is 11.1 Å². The Bertz CT molecular complexity index is 711. The van der Waals surface area contributed by atoms with Crippen LogP contribution in [-0.2, 0) is 9.53 Å². The van der Waals surface area contributed by atoms with Gasteiger partial charge in [0.2, 0.25) is 11.8 Å². The number of benzene rings is 1. The second-order valence-electron chi connectivity index (χ2n) is 6.99. The fraction of sp³-hybridized carbons (Fsp3) is 0.526. The second-order valence-corrected chi connectivity index (χ2v) is 6.99. The smallest absolute Gasteiger partial charge is 0.244 e. The van der Waals surface area contributed by atoms with Gasteiger partial charge in [-0.3, -0.25) is 10.1 Å². The van der Waals surface area contributed by atoms with E-state index in [-0.39, 0.29) is 17.9 Å². The van der Waals surface area contributed by atoms with E-state index in [1.807, 2.05) is 44.2 Å². The van der Waals surface area contributed by atoms with Crippen molar-refractivity contribution >= 4 is 5.91 Å². The van der Waals surface area contributed by atoms with Gasteiger partial charge >= 0.3 is 0 Å². The first-order valence-electron chi connectivity index (χ1n) is 9.07. The summed E-state index contributed by atoms with van der Waals surface area (Å²) in [5.74, 6) is 1.13. The van der Waals surface area contributed by atoms with Gasteiger partial charge in [-0.05, 0) is 24.3 Å². The van der Waals surface area contributed by atoms with Gasteiger partial charge in [-0.15, -0.1) is 0 Å². The number of nitrogens with two attached hydrogens (primary N) is 1. The van der Waals surface area contributed by atoms with Gasteiger partial charge < -0.3 is 15.0 Å². The van der Waals surface area contributed by atoms with Crippen LogP contribution in [0.2, 0.25) is 0 Å². The van der Waals surface area contributed by atoms with Crippen molar-refractivity contribution in [1.29, 1.82) is 0 Å². The zero-order valence-electron chi connectivity index (χ0n) is 15.2. The van der Waals surface area contributed by atoms with Crippen LogP contribution in [0.15, 0.2) is 34.9 Å². The van der Waals surface area contributed by atoms with Crippen molar-refractivity contribution < 1.29 is 14.1 Å². The number of amides is 1. The molecule has 1 amide bonds. The van der Waals surface area contributed by atoms with Gasteiger partial charge in [0.1, 0.15) is 6.04 Å². The summed E-state index contributed by atoms with van der Waals surface area (Å²) >= 11 is 0. The van der Waals surface area contributed by atoms with E-state index in [9.17, 15) is 4.79 Å². The summed E-state index contributed by atoms with van der Waals surface area (Å²) in [5.41, 5.74) is 6.51. The van der Waals surface area contributed by atoms with Crippen LogP contribution in [0.5, 0.6) is 0 Å². The van der Waals surface area contributed by atoms with Crippen LogP contribution in [-0.4, -0.2) is 29.3 Å². The van der Waals surface area contributed by atoms with Crippen molar-refractivity contribution in [2.75, 3.05) is 13.2 Å². The molecule has 0 saturated carbocycles. The van der Waals surface area contributed by atoms with Crippen molar-refractivity contribution in [2.45, 2.75) is 44.7 Å². The maximum Gasteiger partial charge on any atom is 0.244 e. The van der Waals surface area contributed by atoms with Gasteiger partial charge in [0.15, 0.2) is 5.82 Å². The number of ether oxygens (including phenoxy) is 1. The predicted molar refractivity (Wildman–Crippen MR) is 96.2 cm³/mol. The fourth-order valence-electron chi connectivity index (χ4n) is 3.23. The fourth-order valence-corrected chi connectivity index (χ4v) is 3.23. The first-order valence-corrected chi connectivity index (χ1v) is 9.07. The molecule has 1 aliphatic heterocycles. The Morgan fingerprint density at radius 1 is 1.23 bits per heavy atom. The van der Waals surface area contributed by atoms with E-state index >= 15 is 0 Å². The van der Waals surface area contributed by atoms with E-state index in [0.29, 0.717) is 24.9 Å². The molecule has 3 rings (SSSR count). The first kappa shape index (κ1) is 18.5. The first-order chi connectivity index (χ1) is 12.6. The minimum absolute atomic E-state index is 0.170. The van der Waals surface area contributed by atoms with Crippen LogP contribution in [0.25, 0.3) is 0 Å². The van der Waals surface area contributed by atoms with Crippen molar-refractivity contribution in [3.05, 3.63) is 47.6 Å². The maximum atomic E-state index is 12.1. The monoisotopic (exact) mass is 358 g/mol. The molecule has 2 atom stereocenters. The Morgan fingerprint density at radius 3 is 2.50 bits per heavy atom. The number of carbonyl (C=O) groups is 1. The van der Waals surface area contributed by atoms with Gasteiger partial charge in [0.05, 0.1) is 6.04 Å². The molecule has 2 aromatic rings. The van der Waals surface area contributed by atoms with E-state index in [1.165, 1.54) is 0 Å². The molecule has 0 aliphatic carbocycles. The molecule has 0 spiro atoms. The molecule has 7 nitrogen and oxygen atoms in total. The van der Waals surface area contributed by atoms with Crippen LogP contribution >= 0.6 is 0 Å². The largest absolute Gasteiger partial charge is 0.381 e. The predicted octanol–water partition coefficient (Wildman–Crippen LogP) is 2.48. The maximum absolute atomic E-state index is 12.1. The molecular weight excluding hydrogens is 332 g/mol. The van der Waals surface area contributed by atoms with Crippen molar-refractivity contribution in [3.63, 3.8) is 0 Å². The third kappa shape index (κ3) is 4.28. The SMILES string of the molecule is CC(C)c1noc([C@H](N[C@H](C(N)=O)c2ccccc2)C2CCOCC2)n1. The van der Waals surface area contributed by atoms with Gasteiger partial charge in [0, 0.05) is 19.1 Å². The lowest BCUT2D eigenvalue weighted by Crippen LogP contribution is -2.40. The third-order valence-corrected chi connectivity index (χ3v) is 4.74. The number of hydrogen-bond donors (Lipinski definition) is 2. The quantitative estimate of drug-likeness (QED) is 0.788. The van der Waals surface area contributed by atoms with Crippen molar-refractivity contribution in [2.24, 2.45) is 11.7 Å². The molecule has 0 radical (unpaired) electrons. The molecule has 1 aromatic carbocycles. The normalized spacial score (nSPS) is 18.0. The van der Waals surface area contributed by atoms with Crippen LogP contribution in [0.3, 0.4) is 0 Å². The molecule has 1 saturated heterocycles. The third-order valence-electron chi connectivity index (χ3n) is 4.74. The summed E-state index contributed by atoms with van der Waals surface area (Å²) in [4.78, 5) is 16.7. The zero-order chi connectivity index (χ0) is 18.5. The van der Waals surface area contributed by atoms with E-state index in [0.717, 1.165) is 18.4 Å². The lowest BCUT2D eigenvalue weighted by atomic mass is 9.90. The minimum Gasteiger partial charge on any atom is -0.381 e. The number of primary amides is 1. The highest BCUT2D eigenvalue weighted by Gasteiger charge is 2.33. The van der Waals surface area contributed by atoms with E-state index in [4.69, 9.17) is 15.0 Å². The highest BCUT2D eigenvalue weighted by molar-refractivity contribution is 5.81. The lowest BCUT2D eigenvalue weighted by molar-refractivity contribution is -0.120. The number of nitrogens with zero attached hydrogens (tertiary/aromatic N) is 2. The van der Waals surface area contributed by atoms with E-state index in [1.54, 1.807) is 0 Å². The number of carbonyl (C=O) groups excluding carboxylic acids is 1. The molecule has 0 bridgehead atoms. The minimum atomic E-state index is -0.626. The standard InChI is InChI=1S/C19H26N4O3/c1-12(2)18-22-19(26-23-18)16(14-8-10-25-11-9-14)21-15(17(20)24)13-6-4-3-5-7-13/h3-7,12,14-16,21H,8-11H2,1-2H3,(H2,20,24)/t15-,16+/m0/s1. The second kappa shape index (κ2) is 8.42. The van der Waals surface area contributed by atoms with Crippen molar-refractivity contribution in [1.82, 2.24) is 15.5 Å². The van der Waals surface area contributed by atoms with Gasteiger partial charge in [-0.1, -0.05) is 49.3 Å². The number of nitrogens with one attached hydrogen (secondary N) is 1. The molecule has 7 heteroatoms. The molecule has 1 aromatic heterocycles. The summed E-state index contributed by atoms with van der Waals surface area (Å²) in [6.07, 6.45) is 1.72. The van der Waals surface area contributed by atoms with E-state index in [2.05, 4.69) is 15.5 Å². The Kier molecular flexibility index (Phi) is 6.00. The van der Waals surface area contributed by atoms with Crippen molar-refractivity contribution in [3.8, 4) is 0 Å². The Hall–Kier alpha value is -2.25. The van der Waals surface area contributed by atoms with Gasteiger partial charge in [-0.25, -0.2) is 0 Å². The highest BCUT2D eigenvalue weighted by atomic mass is 16.5. The van der Waals surface area contributed by atoms with Gasteiger partial charge in [0.25, 0.3) is 0 Å². The number of aromatic nitrogens is 2. The lowest BCUT2D eigenvalue weighted by Gasteiger charge is -2.31. The summed E-state index contributed by atoms with van der Waals surface area (Å²) in [6, 6.07) is 8.58. The molecule has 140 valence electrons. The molecule has 0 unspecified atom stereocenters. The molecule has 3 N–H and O–H groups in total. The summed E-state index contributed by atoms with van der Waals surface area (Å²) in [5, 5.41) is 7.46. The Balaban J connectivity index is 1.89. The van der Waals surface area contributed by atoms with Gasteiger partial charge in [-0.2, -0.15) is 4.98 Å².